The maximum Gasteiger partial charge on any atom is 0.136 e. The number of hydrogen-bond acceptors (Lipinski definition) is 2. The van der Waals surface area contributed by atoms with E-state index in [-0.39, 0.29) is 0 Å². The fourth-order valence-electron chi connectivity index (χ4n) is 3.36. The molecule has 14 heavy (non-hydrogen) atoms. The zero-order valence-electron chi connectivity index (χ0n) is 8.69. The number of aryl methyl sites for hydroxylation is 1. The number of hydrogen-bond donors (Lipinski definition) is 0. The summed E-state index contributed by atoms with van der Waals surface area (Å²) in [7, 11) is 0. The van der Waals surface area contributed by atoms with E-state index >= 15 is 0 Å². The highest BCUT2D eigenvalue weighted by molar-refractivity contribution is 5.07. The number of fused-ring (bicyclic) bond motifs is 2. The number of nitrogens with zero attached hydrogens (tertiary/aromatic N) is 3. The monoisotopic (exact) mass is 191 g/mol. The zero-order valence-corrected chi connectivity index (χ0v) is 8.69. The molecule has 2 aliphatic carbocycles. The molecule has 1 aromatic heterocycles. The van der Waals surface area contributed by atoms with Crippen LogP contribution in [-0.4, -0.2) is 14.8 Å². The van der Waals surface area contributed by atoms with Crippen LogP contribution in [0.5, 0.6) is 0 Å². The molecule has 2 aliphatic rings. The van der Waals surface area contributed by atoms with Gasteiger partial charge < -0.3 is 4.57 Å². The van der Waals surface area contributed by atoms with Gasteiger partial charge in [-0.25, -0.2) is 0 Å². The minimum absolute atomic E-state index is 0.719. The van der Waals surface area contributed by atoms with E-state index in [1.807, 2.05) is 6.33 Å². The Morgan fingerprint density at radius 1 is 1.43 bits per heavy atom. The summed E-state index contributed by atoms with van der Waals surface area (Å²) in [6.45, 7) is 3.18. The molecule has 3 unspecified atom stereocenters. The second-order valence-electron chi connectivity index (χ2n) is 4.76. The third-order valence-corrected chi connectivity index (χ3v) is 4.06. The van der Waals surface area contributed by atoms with E-state index in [0.717, 1.165) is 24.3 Å². The smallest absolute Gasteiger partial charge is 0.136 e. The predicted molar refractivity (Wildman–Crippen MR) is 53.9 cm³/mol. The molecule has 0 saturated heterocycles. The summed E-state index contributed by atoms with van der Waals surface area (Å²) in [5.41, 5.74) is 0. The summed E-state index contributed by atoms with van der Waals surface area (Å²) in [6, 6.07) is 0. The topological polar surface area (TPSA) is 30.7 Å². The van der Waals surface area contributed by atoms with Crippen LogP contribution in [-0.2, 0) is 6.54 Å². The predicted octanol–water partition coefficient (Wildman–Crippen LogP) is 2.20. The van der Waals surface area contributed by atoms with Crippen LogP contribution in [0.1, 0.15) is 44.3 Å². The minimum atomic E-state index is 0.719. The summed E-state index contributed by atoms with van der Waals surface area (Å²) in [5, 5.41) is 8.33. The van der Waals surface area contributed by atoms with E-state index in [1.165, 1.54) is 31.5 Å². The molecule has 2 bridgehead atoms. The first-order valence-electron chi connectivity index (χ1n) is 5.76. The summed E-state index contributed by atoms with van der Waals surface area (Å²) in [4.78, 5) is 0. The average molecular weight is 191 g/mol. The first-order valence-corrected chi connectivity index (χ1v) is 5.76. The van der Waals surface area contributed by atoms with Gasteiger partial charge >= 0.3 is 0 Å². The van der Waals surface area contributed by atoms with Gasteiger partial charge in [-0.1, -0.05) is 6.42 Å². The molecule has 2 saturated carbocycles. The third kappa shape index (κ3) is 1.11. The SMILES string of the molecule is CCn1cnnc1C1CC2CCC1C2. The summed E-state index contributed by atoms with van der Waals surface area (Å²) in [5.74, 6) is 3.87. The first-order chi connectivity index (χ1) is 6.88. The minimum Gasteiger partial charge on any atom is -0.318 e. The zero-order chi connectivity index (χ0) is 9.54. The van der Waals surface area contributed by atoms with Crippen molar-refractivity contribution in [2.75, 3.05) is 0 Å². The second kappa shape index (κ2) is 3.07. The van der Waals surface area contributed by atoms with Gasteiger partial charge in [-0.05, 0) is 38.0 Å². The van der Waals surface area contributed by atoms with Gasteiger partial charge in [-0.3, -0.25) is 0 Å². The van der Waals surface area contributed by atoms with Gasteiger partial charge in [-0.2, -0.15) is 0 Å². The lowest BCUT2D eigenvalue weighted by molar-refractivity contribution is 0.394. The quantitative estimate of drug-likeness (QED) is 0.717. The average Bonchev–Trinajstić information content (AvgIpc) is 2.92. The van der Waals surface area contributed by atoms with Crippen molar-refractivity contribution in [3.63, 3.8) is 0 Å². The van der Waals surface area contributed by atoms with Crippen LogP contribution in [0.25, 0.3) is 0 Å². The van der Waals surface area contributed by atoms with E-state index in [1.54, 1.807) is 0 Å². The fourth-order valence-corrected chi connectivity index (χ4v) is 3.36. The van der Waals surface area contributed by atoms with Gasteiger partial charge in [-0.15, -0.1) is 10.2 Å². The Hall–Kier alpha value is -0.860. The maximum atomic E-state index is 4.30. The Bertz CT molecular complexity index is 331. The molecular weight excluding hydrogens is 174 g/mol. The normalized spacial score (nSPS) is 35.4. The van der Waals surface area contributed by atoms with E-state index in [9.17, 15) is 0 Å². The van der Waals surface area contributed by atoms with Crippen LogP contribution < -0.4 is 0 Å². The molecule has 3 heteroatoms. The molecule has 0 aromatic carbocycles. The van der Waals surface area contributed by atoms with Gasteiger partial charge in [0.05, 0.1) is 0 Å². The molecule has 2 fully saturated rings. The van der Waals surface area contributed by atoms with Crippen LogP contribution in [0.4, 0.5) is 0 Å². The van der Waals surface area contributed by atoms with Crippen molar-refractivity contribution in [2.45, 2.75) is 45.1 Å². The highest BCUT2D eigenvalue weighted by atomic mass is 15.3. The maximum absolute atomic E-state index is 4.30. The molecule has 1 heterocycles. The highest BCUT2D eigenvalue weighted by Crippen LogP contribution is 2.52. The molecule has 3 nitrogen and oxygen atoms in total. The molecule has 0 aliphatic heterocycles. The number of rotatable bonds is 2. The van der Waals surface area contributed by atoms with Crippen LogP contribution >= 0.6 is 0 Å². The Balaban J connectivity index is 1.89. The first kappa shape index (κ1) is 8.45. The van der Waals surface area contributed by atoms with Crippen molar-refractivity contribution in [2.24, 2.45) is 11.8 Å². The Morgan fingerprint density at radius 3 is 3.00 bits per heavy atom. The third-order valence-electron chi connectivity index (χ3n) is 4.06. The molecule has 3 atom stereocenters. The van der Waals surface area contributed by atoms with Crippen LogP contribution in [0.3, 0.4) is 0 Å². The van der Waals surface area contributed by atoms with E-state index in [0.29, 0.717) is 0 Å². The van der Waals surface area contributed by atoms with Gasteiger partial charge in [0.25, 0.3) is 0 Å². The van der Waals surface area contributed by atoms with Gasteiger partial charge in [0, 0.05) is 12.5 Å². The Labute approximate surface area is 84.5 Å². The second-order valence-corrected chi connectivity index (χ2v) is 4.76. The van der Waals surface area contributed by atoms with Gasteiger partial charge in [0.2, 0.25) is 0 Å². The fraction of sp³-hybridized carbons (Fsp3) is 0.818. The standard InChI is InChI=1S/C11H17N3/c1-2-14-7-12-13-11(14)10-6-8-3-4-9(10)5-8/h7-10H,2-6H2,1H3. The van der Waals surface area contributed by atoms with Crippen molar-refractivity contribution in [3.8, 4) is 0 Å². The van der Waals surface area contributed by atoms with Crippen molar-refractivity contribution in [1.82, 2.24) is 14.8 Å². The van der Waals surface area contributed by atoms with Gasteiger partial charge in [0.1, 0.15) is 12.2 Å². The van der Waals surface area contributed by atoms with Crippen LogP contribution in [0, 0.1) is 11.8 Å². The summed E-state index contributed by atoms with van der Waals surface area (Å²) in [6.07, 6.45) is 7.57. The molecule has 0 amide bonds. The number of aromatic nitrogens is 3. The van der Waals surface area contributed by atoms with E-state index in [4.69, 9.17) is 0 Å². The van der Waals surface area contributed by atoms with Crippen LogP contribution in [0.2, 0.25) is 0 Å². The molecule has 3 rings (SSSR count). The van der Waals surface area contributed by atoms with Crippen LogP contribution in [0.15, 0.2) is 6.33 Å². The molecule has 0 radical (unpaired) electrons. The molecular formula is C11H17N3. The Morgan fingerprint density at radius 2 is 2.36 bits per heavy atom. The van der Waals surface area contributed by atoms with E-state index in [2.05, 4.69) is 21.7 Å². The molecule has 76 valence electrons. The van der Waals surface area contributed by atoms with Crippen molar-refractivity contribution in [3.05, 3.63) is 12.2 Å². The molecule has 0 spiro atoms. The molecule has 1 aromatic rings. The lowest BCUT2D eigenvalue weighted by atomic mass is 9.88. The molecule has 0 N–H and O–H groups in total. The van der Waals surface area contributed by atoms with Crippen molar-refractivity contribution < 1.29 is 0 Å². The van der Waals surface area contributed by atoms with E-state index < -0.39 is 0 Å². The Kier molecular flexibility index (Phi) is 1.85. The lowest BCUT2D eigenvalue weighted by Gasteiger charge is -2.20. The highest BCUT2D eigenvalue weighted by Gasteiger charge is 2.42. The van der Waals surface area contributed by atoms with Crippen molar-refractivity contribution >= 4 is 0 Å². The van der Waals surface area contributed by atoms with Crippen molar-refractivity contribution in [1.29, 1.82) is 0 Å². The summed E-state index contributed by atoms with van der Waals surface area (Å²) < 4.78 is 2.21. The summed E-state index contributed by atoms with van der Waals surface area (Å²) >= 11 is 0. The lowest BCUT2D eigenvalue weighted by Crippen LogP contribution is -2.14. The van der Waals surface area contributed by atoms with Gasteiger partial charge in [0.15, 0.2) is 0 Å². The largest absolute Gasteiger partial charge is 0.318 e.